The highest BCUT2D eigenvalue weighted by atomic mass is 16.3. The fourth-order valence-electron chi connectivity index (χ4n) is 6.95. The largest absolute Gasteiger partial charge is 0.456 e. The predicted octanol–water partition coefficient (Wildman–Crippen LogP) is 9.32. The normalized spacial score (nSPS) is 16.6. The molecule has 1 heteroatoms. The summed E-state index contributed by atoms with van der Waals surface area (Å²) < 4.78 is 6.41. The first-order valence-corrected chi connectivity index (χ1v) is 12.6. The van der Waals surface area contributed by atoms with Crippen molar-refractivity contribution in [3.05, 3.63) is 105 Å². The van der Waals surface area contributed by atoms with Crippen LogP contribution >= 0.6 is 0 Å². The molecule has 4 aromatic carbocycles. The Kier molecular flexibility index (Phi) is 3.88. The summed E-state index contributed by atoms with van der Waals surface area (Å²) in [6.45, 7) is 13.9. The predicted molar refractivity (Wildman–Crippen MR) is 148 cm³/mol. The van der Waals surface area contributed by atoms with Gasteiger partial charge in [-0.05, 0) is 70.0 Å². The highest BCUT2D eigenvalue weighted by Crippen LogP contribution is 2.54. The van der Waals surface area contributed by atoms with Gasteiger partial charge in [-0.1, -0.05) is 100 Å². The fourth-order valence-corrected chi connectivity index (χ4v) is 6.95. The molecule has 2 aliphatic carbocycles. The summed E-state index contributed by atoms with van der Waals surface area (Å²) in [5.41, 5.74) is 15.3. The lowest BCUT2D eigenvalue weighted by molar-refractivity contribution is 0.626. The zero-order valence-electron chi connectivity index (χ0n) is 21.3. The molecule has 172 valence electrons. The average molecular weight is 455 g/mol. The molecule has 1 aromatic heterocycles. The zero-order valence-corrected chi connectivity index (χ0v) is 21.3. The van der Waals surface area contributed by atoms with E-state index in [0.29, 0.717) is 0 Å². The average Bonchev–Trinajstić information content (AvgIpc) is 3.27. The van der Waals surface area contributed by atoms with Crippen molar-refractivity contribution in [2.75, 3.05) is 0 Å². The van der Waals surface area contributed by atoms with Crippen molar-refractivity contribution >= 4 is 34.1 Å². The molecular weight excluding hydrogens is 424 g/mol. The highest BCUT2D eigenvalue weighted by Gasteiger charge is 2.41. The number of para-hydroxylation sites is 1. The van der Waals surface area contributed by atoms with Gasteiger partial charge in [-0.25, -0.2) is 0 Å². The maximum absolute atomic E-state index is 6.41. The molecule has 0 fully saturated rings. The number of furan rings is 1. The molecule has 0 spiro atoms. The van der Waals surface area contributed by atoms with Crippen LogP contribution in [0.15, 0.2) is 65.1 Å². The van der Waals surface area contributed by atoms with Crippen LogP contribution in [0.25, 0.3) is 45.2 Å². The molecular formula is C34H30O. The SMILES string of the molecule is Cc1ccc2c(c1)C(C)(C)c1c-2ccc2c1C=Cc1ccc3oc4c(C)cccc4c3c1C2(C)C. The molecule has 35 heavy (non-hydrogen) atoms. The molecule has 0 atom stereocenters. The minimum atomic E-state index is -0.190. The molecule has 0 saturated heterocycles. The van der Waals surface area contributed by atoms with Gasteiger partial charge in [-0.2, -0.15) is 0 Å². The molecule has 5 aromatic rings. The van der Waals surface area contributed by atoms with Crippen LogP contribution in [0.5, 0.6) is 0 Å². The van der Waals surface area contributed by atoms with E-state index in [1.807, 2.05) is 0 Å². The summed E-state index contributed by atoms with van der Waals surface area (Å²) in [7, 11) is 0. The van der Waals surface area contributed by atoms with Crippen molar-refractivity contribution < 1.29 is 4.42 Å². The van der Waals surface area contributed by atoms with E-state index in [2.05, 4.69) is 114 Å². The van der Waals surface area contributed by atoms with Crippen LogP contribution in [0.1, 0.15) is 72.2 Å². The number of benzene rings is 4. The monoisotopic (exact) mass is 454 g/mol. The van der Waals surface area contributed by atoms with Crippen LogP contribution < -0.4 is 0 Å². The molecule has 0 unspecified atom stereocenters. The van der Waals surface area contributed by atoms with Gasteiger partial charge >= 0.3 is 0 Å². The summed E-state index contributed by atoms with van der Waals surface area (Å²) in [5, 5.41) is 2.47. The second-order valence-corrected chi connectivity index (χ2v) is 11.5. The highest BCUT2D eigenvalue weighted by molar-refractivity contribution is 6.10. The summed E-state index contributed by atoms with van der Waals surface area (Å²) in [4.78, 5) is 0. The van der Waals surface area contributed by atoms with E-state index < -0.39 is 0 Å². The Morgan fingerprint density at radius 1 is 0.686 bits per heavy atom. The van der Waals surface area contributed by atoms with Gasteiger partial charge in [0.05, 0.1) is 0 Å². The van der Waals surface area contributed by atoms with E-state index in [1.54, 1.807) is 0 Å². The minimum Gasteiger partial charge on any atom is -0.456 e. The first-order valence-electron chi connectivity index (χ1n) is 12.6. The Morgan fingerprint density at radius 2 is 1.46 bits per heavy atom. The third-order valence-electron chi connectivity index (χ3n) is 8.63. The lowest BCUT2D eigenvalue weighted by atomic mass is 9.71. The second kappa shape index (κ2) is 6.55. The minimum absolute atomic E-state index is 0.0479. The molecule has 0 N–H and O–H groups in total. The van der Waals surface area contributed by atoms with Crippen molar-refractivity contribution in [1.29, 1.82) is 0 Å². The first-order chi connectivity index (χ1) is 16.7. The maximum Gasteiger partial charge on any atom is 0.138 e. The molecule has 1 nitrogen and oxygen atoms in total. The number of fused-ring (bicyclic) bond motifs is 10. The molecule has 0 saturated carbocycles. The molecule has 7 rings (SSSR count). The fraction of sp³-hybridized carbons (Fsp3) is 0.235. The van der Waals surface area contributed by atoms with E-state index in [1.165, 1.54) is 66.4 Å². The Labute approximate surface area is 207 Å². The molecule has 0 aliphatic heterocycles. The smallest absolute Gasteiger partial charge is 0.138 e. The van der Waals surface area contributed by atoms with Crippen LogP contribution in [0, 0.1) is 13.8 Å². The number of hydrogen-bond donors (Lipinski definition) is 0. The van der Waals surface area contributed by atoms with E-state index in [4.69, 9.17) is 4.42 Å². The van der Waals surface area contributed by atoms with Crippen LogP contribution in [-0.2, 0) is 10.8 Å². The van der Waals surface area contributed by atoms with Gasteiger partial charge in [-0.3, -0.25) is 0 Å². The van der Waals surface area contributed by atoms with Crippen molar-refractivity contribution in [2.45, 2.75) is 52.4 Å². The quantitative estimate of drug-likeness (QED) is 0.227. The van der Waals surface area contributed by atoms with Gasteiger partial charge in [0.1, 0.15) is 11.2 Å². The van der Waals surface area contributed by atoms with Crippen LogP contribution in [0.4, 0.5) is 0 Å². The summed E-state index contributed by atoms with van der Waals surface area (Å²) in [5.74, 6) is 0. The van der Waals surface area contributed by atoms with Gasteiger partial charge in [0, 0.05) is 21.6 Å². The van der Waals surface area contributed by atoms with Gasteiger partial charge in [-0.15, -0.1) is 0 Å². The molecule has 1 heterocycles. The van der Waals surface area contributed by atoms with Crippen molar-refractivity contribution in [1.82, 2.24) is 0 Å². The standard InChI is InChI=1S/C34H30O/c1-19-10-13-22-23-15-16-26-24(31(23)34(5,6)27(22)18-19)14-11-21-12-17-28-29(30(21)33(26,3)4)25-9-7-8-20(2)32(25)35-28/h7-18H,1-6H3. The number of rotatable bonds is 0. The lowest BCUT2D eigenvalue weighted by Gasteiger charge is -2.32. The second-order valence-electron chi connectivity index (χ2n) is 11.5. The maximum atomic E-state index is 6.41. The van der Waals surface area contributed by atoms with Crippen LogP contribution in [-0.4, -0.2) is 0 Å². The number of aryl methyl sites for hydroxylation is 2. The summed E-state index contributed by atoms with van der Waals surface area (Å²) in [6, 6.07) is 22.6. The summed E-state index contributed by atoms with van der Waals surface area (Å²) in [6.07, 6.45) is 4.71. The van der Waals surface area contributed by atoms with E-state index in [0.717, 1.165) is 11.2 Å². The molecule has 0 bridgehead atoms. The summed E-state index contributed by atoms with van der Waals surface area (Å²) >= 11 is 0. The molecule has 0 radical (unpaired) electrons. The van der Waals surface area contributed by atoms with E-state index in [-0.39, 0.29) is 10.8 Å². The molecule has 0 amide bonds. The Morgan fingerprint density at radius 3 is 2.29 bits per heavy atom. The lowest BCUT2D eigenvalue weighted by Crippen LogP contribution is -2.24. The topological polar surface area (TPSA) is 13.1 Å². The van der Waals surface area contributed by atoms with Crippen molar-refractivity contribution in [3.63, 3.8) is 0 Å². The van der Waals surface area contributed by atoms with Gasteiger partial charge < -0.3 is 4.42 Å². The van der Waals surface area contributed by atoms with Crippen molar-refractivity contribution in [3.8, 4) is 11.1 Å². The van der Waals surface area contributed by atoms with Gasteiger partial charge in [0.2, 0.25) is 0 Å². The van der Waals surface area contributed by atoms with E-state index in [9.17, 15) is 0 Å². The first kappa shape index (κ1) is 20.8. The van der Waals surface area contributed by atoms with Gasteiger partial charge in [0.25, 0.3) is 0 Å². The van der Waals surface area contributed by atoms with E-state index >= 15 is 0 Å². The number of hydrogen-bond acceptors (Lipinski definition) is 1. The van der Waals surface area contributed by atoms with Crippen LogP contribution in [0.2, 0.25) is 0 Å². The van der Waals surface area contributed by atoms with Crippen molar-refractivity contribution in [2.24, 2.45) is 0 Å². The Hall–Kier alpha value is -3.58. The Bertz CT molecular complexity index is 1750. The Balaban J connectivity index is 1.57. The zero-order chi connectivity index (χ0) is 24.3. The third kappa shape index (κ3) is 2.54. The van der Waals surface area contributed by atoms with Gasteiger partial charge in [0.15, 0.2) is 0 Å². The molecule has 2 aliphatic rings. The van der Waals surface area contributed by atoms with Crippen LogP contribution in [0.3, 0.4) is 0 Å². The third-order valence-corrected chi connectivity index (χ3v) is 8.63.